The number of amides is 1. The van der Waals surface area contributed by atoms with E-state index < -0.39 is 5.79 Å². The van der Waals surface area contributed by atoms with E-state index in [-0.39, 0.29) is 5.91 Å². The maximum Gasteiger partial charge on any atom is 0.272 e. The molecule has 1 aliphatic carbocycles. The molecule has 1 N–H and O–H groups in total. The van der Waals surface area contributed by atoms with E-state index in [0.717, 1.165) is 18.5 Å². The summed E-state index contributed by atoms with van der Waals surface area (Å²) in [6.45, 7) is 2.62. The summed E-state index contributed by atoms with van der Waals surface area (Å²) in [6.07, 6.45) is 5.59. The number of nitrogens with one attached hydrogen (secondary N) is 1. The smallest absolute Gasteiger partial charge is 0.272 e. The lowest BCUT2D eigenvalue weighted by molar-refractivity contribution is -0.181. The zero-order valence-electron chi connectivity index (χ0n) is 12.6. The van der Waals surface area contributed by atoms with Crippen LogP contribution in [-0.4, -0.2) is 53.9 Å². The molecule has 3 fully saturated rings. The van der Waals surface area contributed by atoms with E-state index >= 15 is 0 Å². The maximum atomic E-state index is 12.6. The Morgan fingerprint density at radius 2 is 2.00 bits per heavy atom. The lowest BCUT2D eigenvalue weighted by Gasteiger charge is -2.37. The summed E-state index contributed by atoms with van der Waals surface area (Å²) >= 11 is 0. The van der Waals surface area contributed by atoms with Gasteiger partial charge in [-0.2, -0.15) is 0 Å². The first-order valence-electron chi connectivity index (χ1n) is 8.04. The number of anilines is 1. The lowest BCUT2D eigenvalue weighted by atomic mass is 10.0. The van der Waals surface area contributed by atoms with Crippen molar-refractivity contribution >= 4 is 11.6 Å². The lowest BCUT2D eigenvalue weighted by Crippen LogP contribution is -2.47. The average Bonchev–Trinajstić information content (AvgIpc) is 3.25. The minimum absolute atomic E-state index is 0.00714. The molecule has 0 radical (unpaired) electrons. The van der Waals surface area contributed by atoms with Gasteiger partial charge in [-0.25, -0.2) is 0 Å². The van der Waals surface area contributed by atoms with Crippen LogP contribution in [0.3, 0.4) is 0 Å². The fraction of sp³-hybridized carbons (Fsp3) is 0.625. The van der Waals surface area contributed by atoms with E-state index in [1.807, 2.05) is 17.0 Å². The van der Waals surface area contributed by atoms with Crippen molar-refractivity contribution in [2.45, 2.75) is 37.5 Å². The first-order valence-corrected chi connectivity index (χ1v) is 8.04. The van der Waals surface area contributed by atoms with Crippen molar-refractivity contribution in [2.24, 2.45) is 0 Å². The monoisotopic (exact) mass is 303 g/mol. The average molecular weight is 303 g/mol. The number of ether oxygens (including phenoxy) is 2. The van der Waals surface area contributed by atoms with Crippen molar-refractivity contribution in [1.82, 2.24) is 9.88 Å². The Kier molecular flexibility index (Phi) is 3.50. The molecular weight excluding hydrogens is 282 g/mol. The van der Waals surface area contributed by atoms with Gasteiger partial charge in [0, 0.05) is 43.9 Å². The highest BCUT2D eigenvalue weighted by atomic mass is 16.7. The second kappa shape index (κ2) is 5.52. The van der Waals surface area contributed by atoms with Gasteiger partial charge < -0.3 is 19.7 Å². The molecule has 4 rings (SSSR count). The van der Waals surface area contributed by atoms with E-state index in [2.05, 4.69) is 10.3 Å². The Morgan fingerprint density at radius 1 is 1.27 bits per heavy atom. The molecular formula is C16H21N3O3. The standard InChI is InChI=1S/C16H21N3O3/c20-15(14-11-13(3-6-17-14)18-12-1-2-12)19-7-4-16(5-8-19)21-9-10-22-16/h3,6,11-12H,1-2,4-5,7-10H2,(H,17,18). The van der Waals surface area contributed by atoms with Crippen molar-refractivity contribution in [3.8, 4) is 0 Å². The number of carbonyl (C=O) groups is 1. The van der Waals surface area contributed by atoms with Crippen molar-refractivity contribution in [2.75, 3.05) is 31.6 Å². The number of piperidine rings is 1. The fourth-order valence-electron chi connectivity index (χ4n) is 3.10. The van der Waals surface area contributed by atoms with Gasteiger partial charge in [-0.05, 0) is 25.0 Å². The van der Waals surface area contributed by atoms with Crippen LogP contribution in [0.2, 0.25) is 0 Å². The van der Waals surface area contributed by atoms with Crippen LogP contribution in [-0.2, 0) is 9.47 Å². The van der Waals surface area contributed by atoms with E-state index in [0.29, 0.717) is 38.0 Å². The normalized spacial score (nSPS) is 23.7. The number of carbonyl (C=O) groups excluding carboxylic acids is 1. The third-order valence-corrected chi connectivity index (χ3v) is 4.55. The van der Waals surface area contributed by atoms with Crippen LogP contribution in [0.15, 0.2) is 18.3 Å². The molecule has 6 heteroatoms. The van der Waals surface area contributed by atoms with E-state index in [4.69, 9.17) is 9.47 Å². The minimum atomic E-state index is -0.445. The van der Waals surface area contributed by atoms with E-state index in [9.17, 15) is 4.79 Å². The highest BCUT2D eigenvalue weighted by Crippen LogP contribution is 2.31. The zero-order valence-corrected chi connectivity index (χ0v) is 12.6. The molecule has 2 aliphatic heterocycles. The third-order valence-electron chi connectivity index (χ3n) is 4.55. The van der Waals surface area contributed by atoms with Gasteiger partial charge >= 0.3 is 0 Å². The summed E-state index contributed by atoms with van der Waals surface area (Å²) in [5.74, 6) is -0.452. The summed E-state index contributed by atoms with van der Waals surface area (Å²) in [6, 6.07) is 4.34. The van der Waals surface area contributed by atoms with Crippen molar-refractivity contribution < 1.29 is 14.3 Å². The van der Waals surface area contributed by atoms with Crippen LogP contribution in [0.4, 0.5) is 5.69 Å². The Morgan fingerprint density at radius 3 is 2.68 bits per heavy atom. The van der Waals surface area contributed by atoms with Gasteiger partial charge in [0.2, 0.25) is 0 Å². The number of hydrogen-bond acceptors (Lipinski definition) is 5. The molecule has 1 spiro atoms. The van der Waals surface area contributed by atoms with Crippen molar-refractivity contribution in [3.05, 3.63) is 24.0 Å². The zero-order chi connectivity index (χ0) is 15.0. The summed E-state index contributed by atoms with van der Waals surface area (Å²) in [7, 11) is 0. The molecule has 1 aromatic heterocycles. The van der Waals surface area contributed by atoms with Gasteiger partial charge in [0.15, 0.2) is 5.79 Å². The number of likely N-dealkylation sites (tertiary alicyclic amines) is 1. The molecule has 2 saturated heterocycles. The molecule has 0 atom stereocenters. The molecule has 22 heavy (non-hydrogen) atoms. The highest BCUT2D eigenvalue weighted by molar-refractivity contribution is 5.93. The number of rotatable bonds is 3. The number of nitrogens with zero attached hydrogens (tertiary/aromatic N) is 2. The highest BCUT2D eigenvalue weighted by Gasteiger charge is 2.41. The molecule has 1 saturated carbocycles. The topological polar surface area (TPSA) is 63.7 Å². The van der Waals surface area contributed by atoms with Crippen LogP contribution in [0, 0.1) is 0 Å². The van der Waals surface area contributed by atoms with Gasteiger partial charge in [-0.3, -0.25) is 9.78 Å². The summed E-state index contributed by atoms with van der Waals surface area (Å²) in [4.78, 5) is 18.7. The van der Waals surface area contributed by atoms with Crippen LogP contribution in [0.5, 0.6) is 0 Å². The molecule has 0 unspecified atom stereocenters. The van der Waals surface area contributed by atoms with Gasteiger partial charge in [0.05, 0.1) is 13.2 Å². The predicted molar refractivity (Wildman–Crippen MR) is 80.7 cm³/mol. The fourth-order valence-corrected chi connectivity index (χ4v) is 3.10. The van der Waals surface area contributed by atoms with Crippen LogP contribution in [0.1, 0.15) is 36.2 Å². The number of aromatic nitrogens is 1. The molecule has 1 amide bonds. The summed E-state index contributed by atoms with van der Waals surface area (Å²) in [5, 5.41) is 3.40. The van der Waals surface area contributed by atoms with Crippen LogP contribution >= 0.6 is 0 Å². The Bertz CT molecular complexity index is 558. The van der Waals surface area contributed by atoms with Crippen molar-refractivity contribution in [3.63, 3.8) is 0 Å². The largest absolute Gasteiger partial charge is 0.382 e. The SMILES string of the molecule is O=C(c1cc(NC2CC2)ccn1)N1CCC2(CC1)OCCO2. The summed E-state index contributed by atoms with van der Waals surface area (Å²) in [5.41, 5.74) is 1.49. The quantitative estimate of drug-likeness (QED) is 0.919. The first-order chi connectivity index (χ1) is 10.7. The molecule has 0 bridgehead atoms. The maximum absolute atomic E-state index is 12.6. The molecule has 118 valence electrons. The molecule has 3 aliphatic rings. The Labute approximate surface area is 129 Å². The minimum Gasteiger partial charge on any atom is -0.382 e. The van der Waals surface area contributed by atoms with Crippen LogP contribution in [0.25, 0.3) is 0 Å². The predicted octanol–water partition coefficient (Wildman–Crippen LogP) is 1.64. The van der Waals surface area contributed by atoms with Gasteiger partial charge in [-0.15, -0.1) is 0 Å². The molecule has 6 nitrogen and oxygen atoms in total. The third kappa shape index (κ3) is 2.80. The molecule has 1 aromatic rings. The number of pyridine rings is 1. The Hall–Kier alpha value is -1.66. The second-order valence-electron chi connectivity index (χ2n) is 6.25. The molecule has 0 aromatic carbocycles. The van der Waals surface area contributed by atoms with Gasteiger partial charge in [0.25, 0.3) is 5.91 Å². The van der Waals surface area contributed by atoms with Crippen molar-refractivity contribution in [1.29, 1.82) is 0 Å². The Balaban J connectivity index is 1.41. The first kappa shape index (κ1) is 14.0. The van der Waals surface area contributed by atoms with Gasteiger partial charge in [-0.1, -0.05) is 0 Å². The molecule has 3 heterocycles. The summed E-state index contributed by atoms with van der Waals surface area (Å²) < 4.78 is 11.4. The van der Waals surface area contributed by atoms with Crippen LogP contribution < -0.4 is 5.32 Å². The van der Waals surface area contributed by atoms with Gasteiger partial charge in [0.1, 0.15) is 5.69 Å². The second-order valence-corrected chi connectivity index (χ2v) is 6.25. The van der Waals surface area contributed by atoms with E-state index in [1.54, 1.807) is 6.20 Å². The number of hydrogen-bond donors (Lipinski definition) is 1. The van der Waals surface area contributed by atoms with E-state index in [1.165, 1.54) is 12.8 Å².